The van der Waals surface area contributed by atoms with E-state index in [4.69, 9.17) is 9.47 Å². The van der Waals surface area contributed by atoms with Crippen LogP contribution < -0.4 is 15.5 Å². The number of ether oxygens (including phenoxy) is 2. The molecule has 144 valence electrons. The van der Waals surface area contributed by atoms with Gasteiger partial charge < -0.3 is 14.8 Å². The van der Waals surface area contributed by atoms with E-state index < -0.39 is 18.0 Å². The summed E-state index contributed by atoms with van der Waals surface area (Å²) in [6.07, 6.45) is -0.679. The zero-order valence-electron chi connectivity index (χ0n) is 15.2. The highest BCUT2D eigenvalue weighted by Gasteiger charge is 2.24. The third-order valence-corrected chi connectivity index (χ3v) is 3.89. The molecule has 0 saturated carbocycles. The Morgan fingerprint density at radius 1 is 1.04 bits per heavy atom. The molecule has 28 heavy (non-hydrogen) atoms. The molecule has 1 heterocycles. The summed E-state index contributed by atoms with van der Waals surface area (Å²) in [6, 6.07) is 16.1. The highest BCUT2D eigenvalue weighted by molar-refractivity contribution is 6.37. The molecule has 0 aromatic heterocycles. The van der Waals surface area contributed by atoms with Gasteiger partial charge in [-0.15, -0.1) is 0 Å². The number of anilines is 1. The van der Waals surface area contributed by atoms with Crippen molar-refractivity contribution < 1.29 is 23.9 Å². The minimum absolute atomic E-state index is 0.0849. The molecule has 2 amide bonds. The monoisotopic (exact) mass is 381 g/mol. The molecule has 0 spiro atoms. The minimum Gasteiger partial charge on any atom is -0.457 e. The fourth-order valence-corrected chi connectivity index (χ4v) is 2.38. The third kappa shape index (κ3) is 5.16. The highest BCUT2D eigenvalue weighted by atomic mass is 16.5. The zero-order chi connectivity index (χ0) is 19.9. The van der Waals surface area contributed by atoms with E-state index in [1.165, 1.54) is 6.92 Å². The minimum atomic E-state index is -1.02. The van der Waals surface area contributed by atoms with Crippen molar-refractivity contribution >= 4 is 29.2 Å². The van der Waals surface area contributed by atoms with Gasteiger partial charge in [0.1, 0.15) is 17.2 Å². The van der Waals surface area contributed by atoms with E-state index in [1.54, 1.807) is 24.3 Å². The number of esters is 1. The van der Waals surface area contributed by atoms with Gasteiger partial charge in [-0.1, -0.05) is 18.2 Å². The number of para-hydroxylation sites is 1. The van der Waals surface area contributed by atoms with Crippen LogP contribution in [0, 0.1) is 0 Å². The van der Waals surface area contributed by atoms with Gasteiger partial charge in [0.2, 0.25) is 5.91 Å². The second-order valence-corrected chi connectivity index (χ2v) is 6.07. The standard InChI is InChI=1S/C20H19N3O5/c1-13(27-20(26)17-11-12-18(24)23-22-17)19(25)21-14-7-9-16(10-8-14)28-15-5-3-2-4-6-15/h2-10,13H,11-12H2,1H3,(H,21,25)(H,23,24). The summed E-state index contributed by atoms with van der Waals surface area (Å²) in [5.74, 6) is -0.135. The van der Waals surface area contributed by atoms with Gasteiger partial charge in [-0.2, -0.15) is 5.10 Å². The van der Waals surface area contributed by atoms with Crippen LogP contribution in [0.2, 0.25) is 0 Å². The number of hydrazone groups is 1. The number of amides is 2. The fraction of sp³-hybridized carbons (Fsp3) is 0.200. The fourth-order valence-electron chi connectivity index (χ4n) is 2.38. The quantitative estimate of drug-likeness (QED) is 0.748. The number of hydrogen-bond donors (Lipinski definition) is 2. The summed E-state index contributed by atoms with van der Waals surface area (Å²) in [5, 5.41) is 6.31. The zero-order valence-corrected chi connectivity index (χ0v) is 15.2. The molecule has 8 nitrogen and oxygen atoms in total. The molecule has 1 unspecified atom stereocenters. The Morgan fingerprint density at radius 3 is 2.36 bits per heavy atom. The molecular weight excluding hydrogens is 362 g/mol. The Balaban J connectivity index is 1.52. The van der Waals surface area contributed by atoms with Crippen molar-refractivity contribution in [3.63, 3.8) is 0 Å². The molecule has 0 aliphatic carbocycles. The van der Waals surface area contributed by atoms with Gasteiger partial charge in [0.15, 0.2) is 6.10 Å². The van der Waals surface area contributed by atoms with Crippen molar-refractivity contribution in [1.82, 2.24) is 5.43 Å². The molecule has 0 fully saturated rings. The maximum absolute atomic E-state index is 12.2. The smallest absolute Gasteiger partial charge is 0.355 e. The molecule has 1 atom stereocenters. The van der Waals surface area contributed by atoms with Crippen LogP contribution in [0.15, 0.2) is 59.7 Å². The largest absolute Gasteiger partial charge is 0.457 e. The van der Waals surface area contributed by atoms with Gasteiger partial charge in [-0.05, 0) is 43.3 Å². The highest BCUT2D eigenvalue weighted by Crippen LogP contribution is 2.22. The van der Waals surface area contributed by atoms with E-state index in [0.29, 0.717) is 17.2 Å². The van der Waals surface area contributed by atoms with E-state index in [1.807, 2.05) is 30.3 Å². The third-order valence-electron chi connectivity index (χ3n) is 3.89. The first kappa shape index (κ1) is 19.1. The molecule has 0 saturated heterocycles. The summed E-state index contributed by atoms with van der Waals surface area (Å²) < 4.78 is 10.8. The van der Waals surface area contributed by atoms with Crippen LogP contribution in [0.3, 0.4) is 0 Å². The SMILES string of the molecule is CC(OC(=O)C1=NNC(=O)CC1)C(=O)Nc1ccc(Oc2ccccc2)cc1. The van der Waals surface area contributed by atoms with Crippen LogP contribution in [-0.2, 0) is 19.1 Å². The van der Waals surface area contributed by atoms with Gasteiger partial charge in [-0.25, -0.2) is 10.2 Å². The van der Waals surface area contributed by atoms with Crippen molar-refractivity contribution in [2.24, 2.45) is 5.10 Å². The number of carbonyl (C=O) groups is 3. The van der Waals surface area contributed by atoms with E-state index in [-0.39, 0.29) is 24.5 Å². The molecule has 1 aliphatic heterocycles. The van der Waals surface area contributed by atoms with E-state index in [0.717, 1.165) is 0 Å². The predicted octanol–water partition coefficient (Wildman–Crippen LogP) is 2.62. The maximum Gasteiger partial charge on any atom is 0.355 e. The Kier molecular flexibility index (Phi) is 6.01. The molecule has 1 aliphatic rings. The predicted molar refractivity (Wildman–Crippen MR) is 102 cm³/mol. The van der Waals surface area contributed by atoms with Crippen LogP contribution in [0.25, 0.3) is 0 Å². The Hall–Kier alpha value is -3.68. The second-order valence-electron chi connectivity index (χ2n) is 6.07. The van der Waals surface area contributed by atoms with Gasteiger partial charge >= 0.3 is 5.97 Å². The van der Waals surface area contributed by atoms with E-state index in [2.05, 4.69) is 15.8 Å². The van der Waals surface area contributed by atoms with Crippen molar-refractivity contribution in [3.8, 4) is 11.5 Å². The lowest BCUT2D eigenvalue weighted by Gasteiger charge is -2.16. The number of benzene rings is 2. The first-order chi connectivity index (χ1) is 13.5. The summed E-state index contributed by atoms with van der Waals surface area (Å²) >= 11 is 0. The number of nitrogens with zero attached hydrogens (tertiary/aromatic N) is 1. The summed E-state index contributed by atoms with van der Waals surface area (Å²) in [7, 11) is 0. The molecule has 2 N–H and O–H groups in total. The first-order valence-corrected chi connectivity index (χ1v) is 8.71. The van der Waals surface area contributed by atoms with Gasteiger partial charge in [-0.3, -0.25) is 9.59 Å². The number of nitrogens with one attached hydrogen (secondary N) is 2. The number of rotatable bonds is 6. The van der Waals surface area contributed by atoms with E-state index in [9.17, 15) is 14.4 Å². The van der Waals surface area contributed by atoms with Gasteiger partial charge in [0.25, 0.3) is 5.91 Å². The van der Waals surface area contributed by atoms with Crippen LogP contribution in [0.4, 0.5) is 5.69 Å². The lowest BCUT2D eigenvalue weighted by molar-refractivity contribution is -0.146. The molecule has 0 radical (unpaired) electrons. The molecular formula is C20H19N3O5. The second kappa shape index (κ2) is 8.81. The van der Waals surface area contributed by atoms with Gasteiger partial charge in [0, 0.05) is 18.5 Å². The molecule has 2 aromatic rings. The summed E-state index contributed by atoms with van der Waals surface area (Å²) in [4.78, 5) is 35.3. The normalized spacial score (nSPS) is 14.3. The van der Waals surface area contributed by atoms with Crippen LogP contribution in [0.1, 0.15) is 19.8 Å². The van der Waals surface area contributed by atoms with Crippen LogP contribution >= 0.6 is 0 Å². The lowest BCUT2D eigenvalue weighted by Crippen LogP contribution is -2.35. The summed E-state index contributed by atoms with van der Waals surface area (Å²) in [5.41, 5.74) is 2.84. The Labute approximate surface area is 161 Å². The molecule has 8 heteroatoms. The van der Waals surface area contributed by atoms with Crippen molar-refractivity contribution in [1.29, 1.82) is 0 Å². The van der Waals surface area contributed by atoms with E-state index >= 15 is 0 Å². The maximum atomic E-state index is 12.2. The molecule has 2 aromatic carbocycles. The van der Waals surface area contributed by atoms with Crippen molar-refractivity contribution in [3.05, 3.63) is 54.6 Å². The average molecular weight is 381 g/mol. The molecule has 3 rings (SSSR count). The Bertz CT molecular complexity index is 894. The lowest BCUT2D eigenvalue weighted by atomic mass is 10.2. The van der Waals surface area contributed by atoms with Gasteiger partial charge in [0.05, 0.1) is 0 Å². The molecule has 0 bridgehead atoms. The first-order valence-electron chi connectivity index (χ1n) is 8.71. The van der Waals surface area contributed by atoms with Crippen LogP contribution in [-0.4, -0.2) is 29.6 Å². The number of carbonyl (C=O) groups excluding carboxylic acids is 3. The van der Waals surface area contributed by atoms with Crippen LogP contribution in [0.5, 0.6) is 11.5 Å². The number of hydrogen-bond acceptors (Lipinski definition) is 6. The van der Waals surface area contributed by atoms with Crippen molar-refractivity contribution in [2.45, 2.75) is 25.9 Å². The Morgan fingerprint density at radius 2 is 1.71 bits per heavy atom. The topological polar surface area (TPSA) is 106 Å². The summed E-state index contributed by atoms with van der Waals surface area (Å²) in [6.45, 7) is 1.46. The van der Waals surface area contributed by atoms with Crippen molar-refractivity contribution in [2.75, 3.05) is 5.32 Å². The average Bonchev–Trinajstić information content (AvgIpc) is 2.70.